The second-order valence-corrected chi connectivity index (χ2v) is 4.77. The molecular formula is C14H16N4O. The summed E-state index contributed by atoms with van der Waals surface area (Å²) >= 11 is 0. The van der Waals surface area contributed by atoms with Crippen LogP contribution in [0.3, 0.4) is 0 Å². The molecule has 1 fully saturated rings. The Morgan fingerprint density at radius 2 is 2.26 bits per heavy atom. The molecule has 98 valence electrons. The third-order valence-electron chi connectivity index (χ3n) is 3.38. The van der Waals surface area contributed by atoms with Crippen LogP contribution in [0.4, 0.5) is 11.4 Å². The molecule has 1 aliphatic rings. The van der Waals surface area contributed by atoms with Crippen LogP contribution in [-0.2, 0) is 4.79 Å². The lowest BCUT2D eigenvalue weighted by atomic mass is 10.1. The van der Waals surface area contributed by atoms with Crippen molar-refractivity contribution < 1.29 is 4.79 Å². The van der Waals surface area contributed by atoms with Gasteiger partial charge < -0.3 is 16.4 Å². The summed E-state index contributed by atoms with van der Waals surface area (Å²) in [6, 6.07) is 7.33. The Morgan fingerprint density at radius 1 is 1.37 bits per heavy atom. The highest BCUT2D eigenvalue weighted by Gasteiger charge is 2.22. The first-order valence-electron chi connectivity index (χ1n) is 6.42. The zero-order valence-electron chi connectivity index (χ0n) is 10.5. The number of fused-ring (bicyclic) bond motifs is 1. The van der Waals surface area contributed by atoms with Crippen molar-refractivity contribution in [2.75, 3.05) is 17.6 Å². The maximum atomic E-state index is 11.8. The van der Waals surface area contributed by atoms with E-state index in [0.29, 0.717) is 5.69 Å². The molecule has 0 bridgehead atoms. The normalized spacial score (nSPS) is 19.2. The van der Waals surface area contributed by atoms with E-state index in [2.05, 4.69) is 15.6 Å². The van der Waals surface area contributed by atoms with Crippen LogP contribution in [0.25, 0.3) is 10.9 Å². The summed E-state index contributed by atoms with van der Waals surface area (Å²) in [4.78, 5) is 16.1. The third kappa shape index (κ3) is 2.31. The summed E-state index contributed by atoms with van der Waals surface area (Å²) in [5, 5.41) is 7.15. The van der Waals surface area contributed by atoms with Gasteiger partial charge in [-0.25, -0.2) is 0 Å². The zero-order valence-corrected chi connectivity index (χ0v) is 10.5. The van der Waals surface area contributed by atoms with Crippen molar-refractivity contribution >= 4 is 28.2 Å². The molecule has 0 saturated carbocycles. The van der Waals surface area contributed by atoms with Gasteiger partial charge in [0.25, 0.3) is 0 Å². The molecule has 1 saturated heterocycles. The van der Waals surface area contributed by atoms with Crippen molar-refractivity contribution in [3.63, 3.8) is 0 Å². The van der Waals surface area contributed by atoms with E-state index < -0.39 is 0 Å². The number of carbonyl (C=O) groups is 1. The van der Waals surface area contributed by atoms with Gasteiger partial charge in [0, 0.05) is 29.5 Å². The largest absolute Gasteiger partial charge is 0.399 e. The quantitative estimate of drug-likeness (QED) is 0.711. The lowest BCUT2D eigenvalue weighted by molar-refractivity contribution is -0.123. The van der Waals surface area contributed by atoms with E-state index in [4.69, 9.17) is 5.73 Å². The van der Waals surface area contributed by atoms with Gasteiger partial charge in [0.05, 0.1) is 5.52 Å². The molecular weight excluding hydrogens is 240 g/mol. The van der Waals surface area contributed by atoms with E-state index in [-0.39, 0.29) is 11.9 Å². The van der Waals surface area contributed by atoms with Crippen LogP contribution >= 0.6 is 0 Å². The number of aromatic nitrogens is 1. The highest BCUT2D eigenvalue weighted by atomic mass is 16.2. The minimum atomic E-state index is -0.170. The SMILES string of the molecule is Nc1ccc2c(NC3CCCNC3=O)ccnc2c1. The van der Waals surface area contributed by atoms with Gasteiger partial charge in [-0.05, 0) is 37.1 Å². The molecule has 1 atom stereocenters. The third-order valence-corrected chi connectivity index (χ3v) is 3.38. The van der Waals surface area contributed by atoms with Crippen LogP contribution in [0.15, 0.2) is 30.5 Å². The number of hydrogen-bond acceptors (Lipinski definition) is 4. The van der Waals surface area contributed by atoms with Crippen LogP contribution in [0.1, 0.15) is 12.8 Å². The highest BCUT2D eigenvalue weighted by molar-refractivity contribution is 5.95. The minimum absolute atomic E-state index is 0.0617. The number of benzene rings is 1. The van der Waals surface area contributed by atoms with E-state index in [1.807, 2.05) is 24.3 Å². The van der Waals surface area contributed by atoms with E-state index in [0.717, 1.165) is 36.0 Å². The summed E-state index contributed by atoms with van der Waals surface area (Å²) in [6.07, 6.45) is 3.58. The number of piperidine rings is 1. The molecule has 1 aromatic heterocycles. The predicted molar refractivity (Wildman–Crippen MR) is 75.8 cm³/mol. The van der Waals surface area contributed by atoms with Gasteiger partial charge >= 0.3 is 0 Å². The van der Waals surface area contributed by atoms with Gasteiger partial charge in [-0.2, -0.15) is 0 Å². The second kappa shape index (κ2) is 4.76. The van der Waals surface area contributed by atoms with Crippen LogP contribution in [0.5, 0.6) is 0 Å². The molecule has 5 heteroatoms. The van der Waals surface area contributed by atoms with E-state index >= 15 is 0 Å². The molecule has 1 amide bonds. The molecule has 19 heavy (non-hydrogen) atoms. The first kappa shape index (κ1) is 11.8. The van der Waals surface area contributed by atoms with Crippen LogP contribution < -0.4 is 16.4 Å². The van der Waals surface area contributed by atoms with Crippen molar-refractivity contribution in [2.24, 2.45) is 0 Å². The zero-order chi connectivity index (χ0) is 13.2. The molecule has 2 heterocycles. The minimum Gasteiger partial charge on any atom is -0.399 e. The lowest BCUT2D eigenvalue weighted by Crippen LogP contribution is -2.44. The van der Waals surface area contributed by atoms with Gasteiger partial charge in [0.2, 0.25) is 5.91 Å². The summed E-state index contributed by atoms with van der Waals surface area (Å²) in [5.74, 6) is 0.0617. The fraction of sp³-hybridized carbons (Fsp3) is 0.286. The van der Waals surface area contributed by atoms with Crippen molar-refractivity contribution in [1.82, 2.24) is 10.3 Å². The molecule has 1 unspecified atom stereocenters. The first-order valence-corrected chi connectivity index (χ1v) is 6.42. The monoisotopic (exact) mass is 256 g/mol. The van der Waals surface area contributed by atoms with Crippen molar-refractivity contribution in [3.05, 3.63) is 30.5 Å². The maximum absolute atomic E-state index is 11.8. The first-order chi connectivity index (χ1) is 9.24. The average Bonchev–Trinajstić information content (AvgIpc) is 2.41. The number of pyridine rings is 1. The fourth-order valence-electron chi connectivity index (χ4n) is 2.39. The summed E-state index contributed by atoms with van der Waals surface area (Å²) in [7, 11) is 0. The Morgan fingerprint density at radius 3 is 3.11 bits per heavy atom. The number of nitrogen functional groups attached to an aromatic ring is 1. The number of hydrogen-bond donors (Lipinski definition) is 3. The molecule has 1 aromatic carbocycles. The Kier molecular flexibility index (Phi) is 2.95. The number of nitrogens with one attached hydrogen (secondary N) is 2. The second-order valence-electron chi connectivity index (χ2n) is 4.77. The van der Waals surface area contributed by atoms with Crippen molar-refractivity contribution in [1.29, 1.82) is 0 Å². The summed E-state index contributed by atoms with van der Waals surface area (Å²) in [6.45, 7) is 0.768. The molecule has 4 N–H and O–H groups in total. The van der Waals surface area contributed by atoms with Gasteiger partial charge in [0.15, 0.2) is 0 Å². The number of nitrogens with two attached hydrogens (primary N) is 1. The number of anilines is 2. The smallest absolute Gasteiger partial charge is 0.242 e. The Hall–Kier alpha value is -2.30. The van der Waals surface area contributed by atoms with Gasteiger partial charge in [-0.15, -0.1) is 0 Å². The molecule has 0 spiro atoms. The van der Waals surface area contributed by atoms with Gasteiger partial charge in [-0.1, -0.05) is 0 Å². The molecule has 5 nitrogen and oxygen atoms in total. The average molecular weight is 256 g/mol. The van der Waals surface area contributed by atoms with E-state index in [1.54, 1.807) is 6.20 Å². The van der Waals surface area contributed by atoms with Crippen LogP contribution in [0, 0.1) is 0 Å². The van der Waals surface area contributed by atoms with Gasteiger partial charge in [-0.3, -0.25) is 9.78 Å². The van der Waals surface area contributed by atoms with Crippen LogP contribution in [0.2, 0.25) is 0 Å². The molecule has 1 aliphatic heterocycles. The fourth-order valence-corrected chi connectivity index (χ4v) is 2.39. The number of rotatable bonds is 2. The predicted octanol–water partition coefficient (Wildman–Crippen LogP) is 1.51. The highest BCUT2D eigenvalue weighted by Crippen LogP contribution is 2.24. The van der Waals surface area contributed by atoms with Gasteiger partial charge in [0.1, 0.15) is 6.04 Å². The molecule has 0 aliphatic carbocycles. The molecule has 2 aromatic rings. The van der Waals surface area contributed by atoms with E-state index in [9.17, 15) is 4.79 Å². The molecule has 0 radical (unpaired) electrons. The van der Waals surface area contributed by atoms with Crippen molar-refractivity contribution in [3.8, 4) is 0 Å². The standard InChI is InChI=1S/C14H16N4O/c15-9-3-4-10-11(5-7-16-13(10)8-9)18-12-2-1-6-17-14(12)19/h3-5,7-8,12H,1-2,6,15H2,(H,16,18)(H,17,19). The summed E-state index contributed by atoms with van der Waals surface area (Å²) in [5.41, 5.74) is 8.20. The Labute approximate surface area is 111 Å². The molecule has 3 rings (SSSR count). The Balaban J connectivity index is 1.94. The lowest BCUT2D eigenvalue weighted by Gasteiger charge is -2.24. The Bertz CT molecular complexity index is 626. The number of nitrogens with zero attached hydrogens (tertiary/aromatic N) is 1. The van der Waals surface area contributed by atoms with E-state index in [1.165, 1.54) is 0 Å². The number of carbonyl (C=O) groups excluding carboxylic acids is 1. The summed E-state index contributed by atoms with van der Waals surface area (Å²) < 4.78 is 0. The van der Waals surface area contributed by atoms with Crippen molar-refractivity contribution in [2.45, 2.75) is 18.9 Å². The van der Waals surface area contributed by atoms with Crippen LogP contribution in [-0.4, -0.2) is 23.5 Å². The maximum Gasteiger partial charge on any atom is 0.242 e. The number of amides is 1. The topological polar surface area (TPSA) is 80.0 Å².